The fourth-order valence-electron chi connectivity index (χ4n) is 5.66. The van der Waals surface area contributed by atoms with Crippen LogP contribution in [-0.4, -0.2) is 57.3 Å². The lowest BCUT2D eigenvalue weighted by atomic mass is 9.96. The van der Waals surface area contributed by atoms with E-state index in [2.05, 4.69) is 35.5 Å². The molecule has 1 saturated heterocycles. The van der Waals surface area contributed by atoms with E-state index in [0.717, 1.165) is 0 Å². The van der Waals surface area contributed by atoms with Crippen LogP contribution < -0.4 is 10.6 Å². The lowest BCUT2D eigenvalue weighted by Gasteiger charge is -2.30. The molecule has 0 amide bonds. The first-order chi connectivity index (χ1) is 23.7. The molecule has 15 heteroatoms. The summed E-state index contributed by atoms with van der Waals surface area (Å²) in [5.41, 5.74) is 2.48. The minimum absolute atomic E-state index is 0.0155. The van der Waals surface area contributed by atoms with Gasteiger partial charge in [-0.2, -0.15) is 0 Å². The number of hydrogen-bond donors (Lipinski definition) is 2. The van der Waals surface area contributed by atoms with Gasteiger partial charge in [-0.25, -0.2) is 33.1 Å². The van der Waals surface area contributed by atoms with E-state index in [1.165, 1.54) is 25.6 Å². The molecule has 2 N–H and O–H groups in total. The van der Waals surface area contributed by atoms with Crippen molar-refractivity contribution in [3.8, 4) is 11.1 Å². The maximum atomic E-state index is 15.7. The number of fused-ring (bicyclic) bond motifs is 1. The lowest BCUT2D eigenvalue weighted by Crippen LogP contribution is -2.36. The van der Waals surface area contributed by atoms with Crippen LogP contribution in [0.4, 0.5) is 36.2 Å². The van der Waals surface area contributed by atoms with Crippen molar-refractivity contribution in [3.63, 3.8) is 0 Å². The zero-order chi connectivity index (χ0) is 34.7. The van der Waals surface area contributed by atoms with Crippen LogP contribution in [0.3, 0.4) is 0 Å². The molecule has 1 fully saturated rings. The van der Waals surface area contributed by atoms with Crippen molar-refractivity contribution < 1.29 is 27.5 Å². The fourth-order valence-corrected chi connectivity index (χ4v) is 6.21. The van der Waals surface area contributed by atoms with Gasteiger partial charge in [0.15, 0.2) is 29.6 Å². The highest BCUT2D eigenvalue weighted by molar-refractivity contribution is 6.39. The average molecular weight is 711 g/mol. The Balaban J connectivity index is 1.25. The van der Waals surface area contributed by atoms with Crippen molar-refractivity contribution in [1.29, 1.82) is 0 Å². The van der Waals surface area contributed by atoms with Gasteiger partial charge in [0.05, 0.1) is 40.0 Å². The van der Waals surface area contributed by atoms with Gasteiger partial charge in [-0.3, -0.25) is 14.5 Å². The molecule has 1 aliphatic heterocycles. The summed E-state index contributed by atoms with van der Waals surface area (Å²) >= 11 is 13.7. The summed E-state index contributed by atoms with van der Waals surface area (Å²) in [7, 11) is 1.38. The molecule has 0 aliphatic carbocycles. The molecule has 0 spiro atoms. The number of carbonyl (C=O) groups is 2. The molecule has 2 aromatic carbocycles. The topological polar surface area (TPSA) is 122 Å². The number of anilines is 4. The molecule has 0 radical (unpaired) electrons. The van der Waals surface area contributed by atoms with E-state index in [0.29, 0.717) is 66.8 Å². The Morgan fingerprint density at radius 2 is 1.65 bits per heavy atom. The minimum atomic E-state index is -2.98. The molecular weight excluding hydrogens is 682 g/mol. The number of alkyl halides is 2. The number of halogens is 5. The third-order valence-corrected chi connectivity index (χ3v) is 9.00. The van der Waals surface area contributed by atoms with E-state index in [9.17, 15) is 18.4 Å². The number of esters is 1. The van der Waals surface area contributed by atoms with E-state index in [-0.39, 0.29) is 50.2 Å². The Hall–Kier alpha value is -4.85. The predicted octanol–water partition coefficient (Wildman–Crippen LogP) is 8.16. The summed E-state index contributed by atoms with van der Waals surface area (Å²) in [5.74, 6) is -1.70. The largest absolute Gasteiger partial charge is 0.469 e. The first kappa shape index (κ1) is 34.0. The summed E-state index contributed by atoms with van der Waals surface area (Å²) in [5, 5.41) is 6.40. The number of aromatic nitrogens is 4. The molecule has 5 aromatic rings. The van der Waals surface area contributed by atoms with Gasteiger partial charge in [0.1, 0.15) is 5.52 Å². The summed E-state index contributed by atoms with van der Waals surface area (Å²) in [6, 6.07) is 13.1. The van der Waals surface area contributed by atoms with E-state index >= 15 is 4.39 Å². The number of carbonyl (C=O) groups excluding carboxylic acids is 2. The zero-order valence-corrected chi connectivity index (χ0v) is 27.4. The van der Waals surface area contributed by atoms with Crippen molar-refractivity contribution >= 4 is 69.5 Å². The van der Waals surface area contributed by atoms with Crippen LogP contribution in [0.25, 0.3) is 22.2 Å². The number of piperidine rings is 1. The number of hydrogen-bond acceptors (Lipinski definition) is 10. The van der Waals surface area contributed by atoms with Gasteiger partial charge in [-0.1, -0.05) is 47.5 Å². The Bertz CT molecular complexity index is 2050. The quantitative estimate of drug-likeness (QED) is 0.108. The fraction of sp³-hybridized carbons (Fsp3) is 0.235. The summed E-state index contributed by atoms with van der Waals surface area (Å²) < 4.78 is 47.9. The standard InChI is InChI=1S/C34H28Cl2F3N7O3/c1-49-34(48)19-9-12-46(13-10-19)16-20-8-11-40-31(28(20)37)42-23-6-2-4-21(26(23)35)22-5-3-7-24(27(22)36)43-32-29-25(14-18(17-47)15-41-29)44-33(45-32)30(38)39/h2-8,11,14-15,17,19,30H,9-10,12-13,16H2,1H3,(H,40,42)(H,43,44,45). The number of aldehydes is 1. The highest BCUT2D eigenvalue weighted by atomic mass is 35.5. The van der Waals surface area contributed by atoms with Gasteiger partial charge in [0, 0.05) is 41.2 Å². The maximum Gasteiger partial charge on any atom is 0.308 e. The molecule has 252 valence electrons. The van der Waals surface area contributed by atoms with Gasteiger partial charge >= 0.3 is 5.97 Å². The van der Waals surface area contributed by atoms with E-state index in [4.69, 9.17) is 27.9 Å². The summed E-state index contributed by atoms with van der Waals surface area (Å²) in [4.78, 5) is 41.4. The molecule has 49 heavy (non-hydrogen) atoms. The van der Waals surface area contributed by atoms with Gasteiger partial charge in [0.2, 0.25) is 0 Å². The third-order valence-electron chi connectivity index (χ3n) is 8.18. The van der Waals surface area contributed by atoms with E-state index in [1.54, 1.807) is 42.5 Å². The molecule has 10 nitrogen and oxygen atoms in total. The van der Waals surface area contributed by atoms with Crippen molar-refractivity contribution in [2.75, 3.05) is 30.8 Å². The molecule has 0 atom stereocenters. The molecular formula is C34H28Cl2F3N7O3. The van der Waals surface area contributed by atoms with Crippen LogP contribution in [0, 0.1) is 11.7 Å². The number of ether oxygens (including phenoxy) is 1. The zero-order valence-electron chi connectivity index (χ0n) is 25.9. The predicted molar refractivity (Wildman–Crippen MR) is 180 cm³/mol. The average Bonchev–Trinajstić information content (AvgIpc) is 3.11. The Morgan fingerprint density at radius 1 is 1.00 bits per heavy atom. The minimum Gasteiger partial charge on any atom is -0.469 e. The molecule has 0 saturated carbocycles. The Kier molecular flexibility index (Phi) is 10.2. The highest BCUT2D eigenvalue weighted by Gasteiger charge is 2.26. The van der Waals surface area contributed by atoms with Gasteiger partial charge in [0.25, 0.3) is 6.43 Å². The second kappa shape index (κ2) is 14.7. The third kappa shape index (κ3) is 7.28. The van der Waals surface area contributed by atoms with Crippen molar-refractivity contribution in [2.45, 2.75) is 25.8 Å². The second-order valence-electron chi connectivity index (χ2n) is 11.3. The lowest BCUT2D eigenvalue weighted by molar-refractivity contribution is -0.147. The first-order valence-electron chi connectivity index (χ1n) is 15.1. The molecule has 4 heterocycles. The van der Waals surface area contributed by atoms with Gasteiger partial charge < -0.3 is 15.4 Å². The number of pyridine rings is 2. The van der Waals surface area contributed by atoms with Crippen molar-refractivity contribution in [2.24, 2.45) is 5.92 Å². The van der Waals surface area contributed by atoms with Crippen LogP contribution in [0.2, 0.25) is 10.0 Å². The number of benzene rings is 2. The van der Waals surface area contributed by atoms with Crippen LogP contribution in [0.15, 0.2) is 60.9 Å². The highest BCUT2D eigenvalue weighted by Crippen LogP contribution is 2.42. The smallest absolute Gasteiger partial charge is 0.308 e. The van der Waals surface area contributed by atoms with Crippen LogP contribution >= 0.6 is 23.2 Å². The van der Waals surface area contributed by atoms with E-state index in [1.807, 2.05) is 0 Å². The SMILES string of the molecule is COC(=O)C1CCN(Cc2ccnc(Nc3cccc(-c4cccc(Nc5nc(C(F)F)nc6cc(C=O)cnc56)c4Cl)c3Cl)c2F)CC1. The second-order valence-corrected chi connectivity index (χ2v) is 12.0. The number of rotatable bonds is 10. The summed E-state index contributed by atoms with van der Waals surface area (Å²) in [6.45, 7) is 1.60. The monoisotopic (exact) mass is 709 g/mol. The van der Waals surface area contributed by atoms with Gasteiger partial charge in [-0.05, 0) is 50.2 Å². The molecule has 0 unspecified atom stereocenters. The van der Waals surface area contributed by atoms with Crippen LogP contribution in [-0.2, 0) is 16.1 Å². The number of nitrogens with zero attached hydrogens (tertiary/aromatic N) is 5. The molecule has 0 bridgehead atoms. The molecule has 3 aromatic heterocycles. The molecule has 6 rings (SSSR count). The number of methoxy groups -OCH3 is 1. The number of likely N-dealkylation sites (tertiary alicyclic amines) is 1. The van der Waals surface area contributed by atoms with Crippen molar-refractivity contribution in [3.05, 3.63) is 93.7 Å². The Morgan fingerprint density at radius 3 is 2.27 bits per heavy atom. The Labute approximate surface area is 288 Å². The van der Waals surface area contributed by atoms with Crippen LogP contribution in [0.1, 0.15) is 41.0 Å². The maximum absolute atomic E-state index is 15.7. The normalized spacial score (nSPS) is 13.9. The summed E-state index contributed by atoms with van der Waals surface area (Å²) in [6.07, 6.45) is 1.62. The van der Waals surface area contributed by atoms with Crippen LogP contribution in [0.5, 0.6) is 0 Å². The molecule has 1 aliphatic rings. The first-order valence-corrected chi connectivity index (χ1v) is 15.9. The van der Waals surface area contributed by atoms with Crippen molar-refractivity contribution in [1.82, 2.24) is 24.8 Å². The van der Waals surface area contributed by atoms with E-state index < -0.39 is 18.1 Å². The number of nitrogens with one attached hydrogen (secondary N) is 2. The van der Waals surface area contributed by atoms with Gasteiger partial charge in [-0.15, -0.1) is 0 Å².